The Morgan fingerprint density at radius 2 is 2.20 bits per heavy atom. The molecular formula is C15H12ClN3O. The lowest BCUT2D eigenvalue weighted by Crippen LogP contribution is -2.05. The lowest BCUT2D eigenvalue weighted by Gasteiger charge is -2.06. The maximum Gasteiger partial charge on any atom is 0.123 e. The number of alkyl halides is 1. The van der Waals surface area contributed by atoms with E-state index in [-0.39, 0.29) is 0 Å². The summed E-state index contributed by atoms with van der Waals surface area (Å²) in [6.07, 6.45) is 2.30. The van der Waals surface area contributed by atoms with E-state index in [2.05, 4.69) is 15.6 Å². The normalized spacial score (nSPS) is 10.8. The summed E-state index contributed by atoms with van der Waals surface area (Å²) in [5.41, 5.74) is 2.23. The van der Waals surface area contributed by atoms with Crippen LogP contribution in [0.5, 0.6) is 0 Å². The molecule has 3 aromatic rings. The number of aromatic nitrogens is 2. The minimum atomic E-state index is 0.489. The third kappa shape index (κ3) is 2.17. The first-order chi connectivity index (χ1) is 9.83. The van der Waals surface area contributed by atoms with Crippen LogP contribution in [0.4, 0.5) is 0 Å². The Bertz CT molecular complexity index is 768. The number of hydrogen-bond acceptors (Lipinski definition) is 3. The molecule has 1 aromatic carbocycles. The molecule has 20 heavy (non-hydrogen) atoms. The molecule has 0 saturated carbocycles. The summed E-state index contributed by atoms with van der Waals surface area (Å²) in [6.45, 7) is 0.588. The van der Waals surface area contributed by atoms with Crippen LogP contribution in [-0.4, -0.2) is 15.4 Å². The van der Waals surface area contributed by atoms with E-state index < -0.39 is 0 Å². The van der Waals surface area contributed by atoms with Crippen LogP contribution in [0, 0.1) is 11.3 Å². The van der Waals surface area contributed by atoms with Gasteiger partial charge in [-0.05, 0) is 24.3 Å². The molecule has 0 saturated heterocycles. The van der Waals surface area contributed by atoms with Crippen LogP contribution in [0.25, 0.3) is 11.0 Å². The molecular weight excluding hydrogens is 274 g/mol. The van der Waals surface area contributed by atoms with Gasteiger partial charge >= 0.3 is 0 Å². The fourth-order valence-electron chi connectivity index (χ4n) is 2.30. The third-order valence-corrected chi connectivity index (χ3v) is 3.38. The first-order valence-electron chi connectivity index (χ1n) is 6.30. The maximum atomic E-state index is 9.18. The van der Waals surface area contributed by atoms with Crippen LogP contribution in [0.2, 0.25) is 0 Å². The Balaban J connectivity index is 2.17. The number of nitriles is 1. The second-order valence-corrected chi connectivity index (χ2v) is 4.80. The van der Waals surface area contributed by atoms with Crippen LogP contribution >= 0.6 is 11.6 Å². The van der Waals surface area contributed by atoms with E-state index in [0.717, 1.165) is 22.6 Å². The minimum Gasteiger partial charge on any atom is -0.467 e. The number of rotatable bonds is 4. The molecule has 0 bridgehead atoms. The van der Waals surface area contributed by atoms with Crippen molar-refractivity contribution in [3.05, 3.63) is 53.7 Å². The van der Waals surface area contributed by atoms with Gasteiger partial charge in [0.15, 0.2) is 0 Å². The lowest BCUT2D eigenvalue weighted by atomic mass is 10.2. The first-order valence-corrected chi connectivity index (χ1v) is 6.83. The zero-order chi connectivity index (χ0) is 13.9. The largest absolute Gasteiger partial charge is 0.467 e. The van der Waals surface area contributed by atoms with E-state index in [4.69, 9.17) is 16.0 Å². The highest BCUT2D eigenvalue weighted by Gasteiger charge is 2.14. The summed E-state index contributed by atoms with van der Waals surface area (Å²) in [5, 5.41) is 9.18. The van der Waals surface area contributed by atoms with Crippen LogP contribution in [0.15, 0.2) is 41.0 Å². The predicted molar refractivity (Wildman–Crippen MR) is 76.7 cm³/mol. The van der Waals surface area contributed by atoms with Crippen LogP contribution in [-0.2, 0) is 13.0 Å². The first kappa shape index (κ1) is 12.8. The van der Waals surface area contributed by atoms with Crippen molar-refractivity contribution in [3.8, 4) is 6.07 Å². The van der Waals surface area contributed by atoms with E-state index >= 15 is 0 Å². The average Bonchev–Trinajstić information content (AvgIpc) is 3.08. The molecule has 0 amide bonds. The summed E-state index contributed by atoms with van der Waals surface area (Å²) in [4.78, 5) is 4.57. The number of imidazole rings is 1. The Morgan fingerprint density at radius 1 is 1.30 bits per heavy atom. The van der Waals surface area contributed by atoms with Gasteiger partial charge in [0.1, 0.15) is 23.2 Å². The van der Waals surface area contributed by atoms with Crippen LogP contribution in [0.1, 0.15) is 17.1 Å². The van der Waals surface area contributed by atoms with Crippen LogP contribution < -0.4 is 0 Å². The molecule has 0 fully saturated rings. The van der Waals surface area contributed by atoms with Crippen molar-refractivity contribution in [2.24, 2.45) is 0 Å². The lowest BCUT2D eigenvalue weighted by molar-refractivity contribution is 0.492. The van der Waals surface area contributed by atoms with Gasteiger partial charge in [0.25, 0.3) is 0 Å². The molecule has 0 unspecified atom stereocenters. The monoisotopic (exact) mass is 285 g/mol. The van der Waals surface area contributed by atoms with Gasteiger partial charge in [-0.2, -0.15) is 5.26 Å². The molecule has 0 atom stereocenters. The molecule has 5 heteroatoms. The predicted octanol–water partition coefficient (Wildman–Crippen LogP) is 3.33. The zero-order valence-electron chi connectivity index (χ0n) is 10.7. The second kappa shape index (κ2) is 5.40. The van der Waals surface area contributed by atoms with Gasteiger partial charge in [-0.3, -0.25) is 0 Å². The molecule has 2 aromatic heterocycles. The van der Waals surface area contributed by atoms with Crippen molar-refractivity contribution in [1.82, 2.24) is 9.55 Å². The number of nitrogens with zero attached hydrogens (tertiary/aromatic N) is 3. The van der Waals surface area contributed by atoms with Gasteiger partial charge in [-0.1, -0.05) is 6.07 Å². The van der Waals surface area contributed by atoms with Gasteiger partial charge < -0.3 is 8.98 Å². The number of hydrogen-bond donors (Lipinski definition) is 0. The van der Waals surface area contributed by atoms with E-state index in [1.165, 1.54) is 0 Å². The van der Waals surface area contributed by atoms with Gasteiger partial charge in [0.05, 0.1) is 23.9 Å². The molecule has 100 valence electrons. The highest BCUT2D eigenvalue weighted by atomic mass is 35.5. The fraction of sp³-hybridized carbons (Fsp3) is 0.200. The minimum absolute atomic E-state index is 0.489. The van der Waals surface area contributed by atoms with E-state index in [0.29, 0.717) is 24.4 Å². The molecule has 3 rings (SSSR count). The van der Waals surface area contributed by atoms with Gasteiger partial charge in [-0.15, -0.1) is 11.6 Å². The van der Waals surface area contributed by atoms with E-state index in [1.54, 1.807) is 12.3 Å². The summed E-state index contributed by atoms with van der Waals surface area (Å²) in [6, 6.07) is 11.6. The number of furan rings is 1. The van der Waals surface area contributed by atoms with Crippen molar-refractivity contribution in [2.75, 3.05) is 5.88 Å². The smallest absolute Gasteiger partial charge is 0.123 e. The Labute approximate surface area is 121 Å². The van der Waals surface area contributed by atoms with Gasteiger partial charge in [-0.25, -0.2) is 4.98 Å². The number of aryl methyl sites for hydroxylation is 1. The van der Waals surface area contributed by atoms with Crippen molar-refractivity contribution >= 4 is 22.6 Å². The van der Waals surface area contributed by atoms with Gasteiger partial charge in [0, 0.05) is 12.3 Å². The highest BCUT2D eigenvalue weighted by molar-refractivity contribution is 6.17. The standard InChI is InChI=1S/C15H12ClN3O/c16-7-6-14-18-15-11(9-17)3-1-5-13(15)19(14)10-12-4-2-8-20-12/h1-5,8H,6-7,10H2. The molecule has 0 aliphatic carbocycles. The van der Waals surface area contributed by atoms with Gasteiger partial charge in [0.2, 0.25) is 0 Å². The van der Waals surface area contributed by atoms with E-state index in [9.17, 15) is 5.26 Å². The molecule has 0 N–H and O–H groups in total. The second-order valence-electron chi connectivity index (χ2n) is 4.42. The summed E-state index contributed by atoms with van der Waals surface area (Å²) in [7, 11) is 0. The van der Waals surface area contributed by atoms with Crippen molar-refractivity contribution < 1.29 is 4.42 Å². The average molecular weight is 286 g/mol. The number of benzene rings is 1. The third-order valence-electron chi connectivity index (χ3n) is 3.19. The maximum absolute atomic E-state index is 9.18. The molecule has 0 spiro atoms. The molecule has 0 aliphatic rings. The Kier molecular flexibility index (Phi) is 3.44. The zero-order valence-corrected chi connectivity index (χ0v) is 11.5. The number of halogens is 1. The van der Waals surface area contributed by atoms with Crippen LogP contribution in [0.3, 0.4) is 0 Å². The Hall–Kier alpha value is -2.25. The summed E-state index contributed by atoms with van der Waals surface area (Å²) < 4.78 is 7.45. The SMILES string of the molecule is N#Cc1cccc2c1nc(CCCl)n2Cc1ccco1. The quantitative estimate of drug-likeness (QED) is 0.691. The van der Waals surface area contributed by atoms with E-state index in [1.807, 2.05) is 24.3 Å². The summed E-state index contributed by atoms with van der Waals surface area (Å²) >= 11 is 5.85. The Morgan fingerprint density at radius 3 is 2.90 bits per heavy atom. The van der Waals surface area contributed by atoms with Crippen molar-refractivity contribution in [1.29, 1.82) is 5.26 Å². The topological polar surface area (TPSA) is 54.8 Å². The highest BCUT2D eigenvalue weighted by Crippen LogP contribution is 2.22. The fourth-order valence-corrected chi connectivity index (χ4v) is 2.46. The summed E-state index contributed by atoms with van der Waals surface area (Å²) in [5.74, 6) is 2.21. The molecule has 4 nitrogen and oxygen atoms in total. The van der Waals surface area contributed by atoms with Crippen molar-refractivity contribution in [2.45, 2.75) is 13.0 Å². The van der Waals surface area contributed by atoms with Crippen molar-refractivity contribution in [3.63, 3.8) is 0 Å². The number of fused-ring (bicyclic) bond motifs is 1. The molecule has 0 aliphatic heterocycles. The number of para-hydroxylation sites is 1. The molecule has 0 radical (unpaired) electrons. The molecule has 2 heterocycles.